The number of amides is 1. The molecule has 0 bridgehead atoms. The average molecular weight is 478 g/mol. The molecule has 0 aliphatic heterocycles. The summed E-state index contributed by atoms with van der Waals surface area (Å²) >= 11 is 0. The molecule has 1 amide bonds. The molecule has 0 saturated carbocycles. The fourth-order valence-electron chi connectivity index (χ4n) is 4.08. The Morgan fingerprint density at radius 2 is 1.83 bits per heavy atom. The maximum absolute atomic E-state index is 12.7. The highest BCUT2D eigenvalue weighted by atomic mass is 16.5. The Hall–Kier alpha value is -4.58. The molecule has 5 rings (SSSR count). The number of benzene rings is 3. The van der Waals surface area contributed by atoms with Gasteiger partial charge in [0, 0.05) is 33.7 Å². The lowest BCUT2D eigenvalue weighted by atomic mass is 10.1. The Kier molecular flexibility index (Phi) is 6.67. The van der Waals surface area contributed by atoms with E-state index in [4.69, 9.17) is 14.5 Å². The summed E-state index contributed by atoms with van der Waals surface area (Å²) in [6.07, 6.45) is 3.63. The number of hydrogen-bond acceptors (Lipinski definition) is 4. The number of hydrogen-bond donors (Lipinski definition) is 2. The standard InChI is InChI=1S/C30H27N3O3/c1-3-7-22-18-29(35-16-4-2)25-19-24(14-15-27(25)31-22)36-23-12-10-21(11-13-23)32-30(34)28-17-20-8-5-6-9-26(20)33-28/h4-6,8-15,17-19,33H,2-3,7,16H2,1H3,(H,32,34). The van der Waals surface area contributed by atoms with Crippen LogP contribution in [0.25, 0.3) is 21.8 Å². The Labute approximate surface area is 209 Å². The highest BCUT2D eigenvalue weighted by molar-refractivity contribution is 6.05. The molecule has 5 aromatic rings. The van der Waals surface area contributed by atoms with Gasteiger partial charge in [-0.2, -0.15) is 0 Å². The number of carbonyl (C=O) groups excluding carboxylic acids is 1. The van der Waals surface area contributed by atoms with E-state index >= 15 is 0 Å². The van der Waals surface area contributed by atoms with Gasteiger partial charge in [-0.15, -0.1) is 0 Å². The van der Waals surface area contributed by atoms with Crippen molar-refractivity contribution in [2.75, 3.05) is 11.9 Å². The molecule has 0 atom stereocenters. The van der Waals surface area contributed by atoms with Gasteiger partial charge >= 0.3 is 0 Å². The molecule has 0 saturated heterocycles. The molecule has 0 fully saturated rings. The minimum Gasteiger partial charge on any atom is -0.489 e. The summed E-state index contributed by atoms with van der Waals surface area (Å²) in [6.45, 7) is 6.30. The average Bonchev–Trinajstić information content (AvgIpc) is 3.33. The number of pyridine rings is 1. The fraction of sp³-hybridized carbons (Fsp3) is 0.133. The van der Waals surface area contributed by atoms with Gasteiger partial charge in [-0.1, -0.05) is 44.2 Å². The first-order chi connectivity index (χ1) is 17.6. The van der Waals surface area contributed by atoms with Crippen LogP contribution in [-0.2, 0) is 6.42 Å². The smallest absolute Gasteiger partial charge is 0.272 e. The number of ether oxygens (including phenoxy) is 2. The molecule has 0 spiro atoms. The molecule has 180 valence electrons. The third-order valence-electron chi connectivity index (χ3n) is 5.78. The number of fused-ring (bicyclic) bond motifs is 2. The van der Waals surface area contributed by atoms with Gasteiger partial charge in [0.15, 0.2) is 0 Å². The third kappa shape index (κ3) is 5.08. The van der Waals surface area contributed by atoms with Gasteiger partial charge in [-0.05, 0) is 61.0 Å². The van der Waals surface area contributed by atoms with Crippen LogP contribution in [0.3, 0.4) is 0 Å². The Morgan fingerprint density at radius 3 is 2.61 bits per heavy atom. The van der Waals surface area contributed by atoms with Crippen LogP contribution in [0.15, 0.2) is 91.5 Å². The van der Waals surface area contributed by atoms with Gasteiger partial charge in [-0.25, -0.2) is 0 Å². The van der Waals surface area contributed by atoms with E-state index in [1.54, 1.807) is 6.08 Å². The summed E-state index contributed by atoms with van der Waals surface area (Å²) in [6, 6.07) is 24.7. The highest BCUT2D eigenvalue weighted by Crippen LogP contribution is 2.32. The second kappa shape index (κ2) is 10.4. The van der Waals surface area contributed by atoms with E-state index in [1.165, 1.54) is 0 Å². The van der Waals surface area contributed by atoms with Crippen molar-refractivity contribution in [3.63, 3.8) is 0 Å². The molecule has 0 unspecified atom stereocenters. The van der Waals surface area contributed by atoms with Crippen molar-refractivity contribution in [1.29, 1.82) is 0 Å². The fourth-order valence-corrected chi connectivity index (χ4v) is 4.08. The lowest BCUT2D eigenvalue weighted by Gasteiger charge is -2.12. The summed E-state index contributed by atoms with van der Waals surface area (Å²) < 4.78 is 12.0. The van der Waals surface area contributed by atoms with E-state index in [0.717, 1.165) is 46.1 Å². The number of nitrogens with one attached hydrogen (secondary N) is 2. The quantitative estimate of drug-likeness (QED) is 0.219. The van der Waals surface area contributed by atoms with Crippen LogP contribution in [0, 0.1) is 0 Å². The number of nitrogens with zero attached hydrogens (tertiary/aromatic N) is 1. The van der Waals surface area contributed by atoms with Crippen molar-refractivity contribution in [3.05, 3.63) is 103 Å². The van der Waals surface area contributed by atoms with Crippen LogP contribution in [0.4, 0.5) is 5.69 Å². The molecular weight excluding hydrogens is 450 g/mol. The zero-order chi connectivity index (χ0) is 24.9. The minimum absolute atomic E-state index is 0.198. The van der Waals surface area contributed by atoms with Crippen LogP contribution in [0.1, 0.15) is 29.5 Å². The number of para-hydroxylation sites is 1. The molecule has 0 radical (unpaired) electrons. The van der Waals surface area contributed by atoms with Crippen molar-refractivity contribution in [1.82, 2.24) is 9.97 Å². The number of rotatable bonds is 9. The van der Waals surface area contributed by atoms with E-state index in [2.05, 4.69) is 23.8 Å². The van der Waals surface area contributed by atoms with Crippen molar-refractivity contribution in [2.24, 2.45) is 0 Å². The van der Waals surface area contributed by atoms with Crippen LogP contribution in [0.2, 0.25) is 0 Å². The normalized spacial score (nSPS) is 10.9. The van der Waals surface area contributed by atoms with E-state index in [-0.39, 0.29) is 5.91 Å². The second-order valence-electron chi connectivity index (χ2n) is 8.49. The highest BCUT2D eigenvalue weighted by Gasteiger charge is 2.11. The molecule has 3 aromatic carbocycles. The summed E-state index contributed by atoms with van der Waals surface area (Å²) in [7, 11) is 0. The van der Waals surface area contributed by atoms with Crippen LogP contribution >= 0.6 is 0 Å². The topological polar surface area (TPSA) is 76.2 Å². The van der Waals surface area contributed by atoms with Crippen molar-refractivity contribution in [3.8, 4) is 17.2 Å². The van der Waals surface area contributed by atoms with Crippen molar-refractivity contribution < 1.29 is 14.3 Å². The predicted molar refractivity (Wildman–Crippen MR) is 144 cm³/mol. The van der Waals surface area contributed by atoms with Gasteiger partial charge in [0.2, 0.25) is 0 Å². The maximum Gasteiger partial charge on any atom is 0.272 e. The molecule has 6 nitrogen and oxygen atoms in total. The van der Waals surface area contributed by atoms with Gasteiger partial charge in [0.25, 0.3) is 5.91 Å². The predicted octanol–water partition coefficient (Wildman–Crippen LogP) is 7.28. The molecular formula is C30H27N3O3. The lowest BCUT2D eigenvalue weighted by Crippen LogP contribution is -2.12. The van der Waals surface area contributed by atoms with Crippen LogP contribution in [-0.4, -0.2) is 22.5 Å². The van der Waals surface area contributed by atoms with Crippen LogP contribution in [0.5, 0.6) is 17.2 Å². The molecule has 2 heterocycles. The Balaban J connectivity index is 1.31. The van der Waals surface area contributed by atoms with Gasteiger partial charge < -0.3 is 19.8 Å². The van der Waals surface area contributed by atoms with Gasteiger partial charge in [0.05, 0.1) is 5.52 Å². The zero-order valence-electron chi connectivity index (χ0n) is 20.1. The molecule has 6 heteroatoms. The monoisotopic (exact) mass is 477 g/mol. The van der Waals surface area contributed by atoms with E-state index in [0.29, 0.717) is 29.5 Å². The van der Waals surface area contributed by atoms with E-state index in [1.807, 2.05) is 78.9 Å². The molecule has 36 heavy (non-hydrogen) atoms. The summed E-state index contributed by atoms with van der Waals surface area (Å²) in [4.78, 5) is 20.6. The van der Waals surface area contributed by atoms with Crippen molar-refractivity contribution >= 4 is 33.4 Å². The summed E-state index contributed by atoms with van der Waals surface area (Å²) in [5.41, 5.74) is 3.98. The molecule has 2 aromatic heterocycles. The number of H-pyrrole nitrogens is 1. The first-order valence-electron chi connectivity index (χ1n) is 12.0. The largest absolute Gasteiger partial charge is 0.489 e. The number of carbonyl (C=O) groups is 1. The first-order valence-corrected chi connectivity index (χ1v) is 12.0. The van der Waals surface area contributed by atoms with Crippen molar-refractivity contribution in [2.45, 2.75) is 19.8 Å². The first kappa shape index (κ1) is 23.2. The number of aromatic nitrogens is 2. The van der Waals surface area contributed by atoms with E-state index < -0.39 is 0 Å². The third-order valence-corrected chi connectivity index (χ3v) is 5.78. The summed E-state index contributed by atoms with van der Waals surface area (Å²) in [5, 5.41) is 4.80. The number of anilines is 1. The van der Waals surface area contributed by atoms with Crippen LogP contribution < -0.4 is 14.8 Å². The molecule has 0 aliphatic rings. The SMILES string of the molecule is C=CCOc1cc(CCC)nc2ccc(Oc3ccc(NC(=O)c4cc5ccccc5[nH]4)cc3)cc12. The van der Waals surface area contributed by atoms with Gasteiger partial charge in [-0.3, -0.25) is 9.78 Å². The zero-order valence-corrected chi connectivity index (χ0v) is 20.1. The second-order valence-corrected chi connectivity index (χ2v) is 8.49. The number of aromatic amines is 1. The summed E-state index contributed by atoms with van der Waals surface area (Å²) in [5.74, 6) is 1.90. The lowest BCUT2D eigenvalue weighted by molar-refractivity contribution is 0.102. The maximum atomic E-state index is 12.7. The Morgan fingerprint density at radius 1 is 1.03 bits per heavy atom. The minimum atomic E-state index is -0.198. The Bertz CT molecular complexity index is 1500. The van der Waals surface area contributed by atoms with Gasteiger partial charge in [0.1, 0.15) is 29.5 Å². The molecule has 0 aliphatic carbocycles. The molecule has 2 N–H and O–H groups in total. The van der Waals surface area contributed by atoms with E-state index in [9.17, 15) is 4.79 Å². The number of aryl methyl sites for hydroxylation is 1.